The minimum Gasteiger partial charge on any atom is -0.493 e. The SMILES string of the molecule is COc1c(CBr)ccc(Br)c1F. The van der Waals surface area contributed by atoms with E-state index in [1.54, 1.807) is 12.1 Å². The number of methoxy groups -OCH3 is 1. The normalized spacial score (nSPS) is 10.0. The maximum absolute atomic E-state index is 13.3. The molecule has 0 saturated heterocycles. The molecule has 0 heterocycles. The number of halogens is 3. The molecule has 0 aliphatic heterocycles. The summed E-state index contributed by atoms with van der Waals surface area (Å²) in [6.07, 6.45) is 0. The molecule has 1 aromatic carbocycles. The fourth-order valence-electron chi connectivity index (χ4n) is 0.898. The molecule has 4 heteroatoms. The van der Waals surface area contributed by atoms with Crippen molar-refractivity contribution in [2.75, 3.05) is 7.11 Å². The van der Waals surface area contributed by atoms with Crippen molar-refractivity contribution in [3.8, 4) is 5.75 Å². The van der Waals surface area contributed by atoms with Gasteiger partial charge in [-0.15, -0.1) is 0 Å². The molecule has 0 saturated carbocycles. The molecule has 0 radical (unpaired) electrons. The zero-order valence-electron chi connectivity index (χ0n) is 6.40. The van der Waals surface area contributed by atoms with Crippen molar-refractivity contribution in [1.82, 2.24) is 0 Å². The molecule has 66 valence electrons. The second-order valence-corrected chi connectivity index (χ2v) is 3.60. The van der Waals surface area contributed by atoms with Crippen molar-refractivity contribution in [3.05, 3.63) is 28.0 Å². The van der Waals surface area contributed by atoms with Crippen LogP contribution in [0.3, 0.4) is 0 Å². The smallest absolute Gasteiger partial charge is 0.179 e. The molecule has 12 heavy (non-hydrogen) atoms. The second-order valence-electron chi connectivity index (χ2n) is 2.19. The van der Waals surface area contributed by atoms with Gasteiger partial charge in [-0.05, 0) is 22.0 Å². The van der Waals surface area contributed by atoms with E-state index in [1.165, 1.54) is 7.11 Å². The first-order valence-electron chi connectivity index (χ1n) is 3.27. The van der Waals surface area contributed by atoms with Crippen molar-refractivity contribution in [2.24, 2.45) is 0 Å². The predicted octanol–water partition coefficient (Wildman–Crippen LogP) is 3.49. The Labute approximate surface area is 87.2 Å². The third-order valence-electron chi connectivity index (χ3n) is 1.48. The summed E-state index contributed by atoms with van der Waals surface area (Å²) in [4.78, 5) is 0. The maximum Gasteiger partial charge on any atom is 0.179 e. The first-order chi connectivity index (χ1) is 5.70. The fraction of sp³-hybridized carbons (Fsp3) is 0.250. The van der Waals surface area contributed by atoms with Gasteiger partial charge in [0.1, 0.15) is 0 Å². The van der Waals surface area contributed by atoms with Crippen LogP contribution in [0, 0.1) is 5.82 Å². The van der Waals surface area contributed by atoms with Gasteiger partial charge in [-0.3, -0.25) is 0 Å². The van der Waals surface area contributed by atoms with Gasteiger partial charge in [-0.25, -0.2) is 4.39 Å². The van der Waals surface area contributed by atoms with Gasteiger partial charge in [0.05, 0.1) is 11.6 Å². The molecule has 1 nitrogen and oxygen atoms in total. The van der Waals surface area contributed by atoms with E-state index in [1.807, 2.05) is 0 Å². The van der Waals surface area contributed by atoms with Gasteiger partial charge < -0.3 is 4.74 Å². The monoisotopic (exact) mass is 296 g/mol. The lowest BCUT2D eigenvalue weighted by molar-refractivity contribution is 0.382. The minimum atomic E-state index is -0.352. The summed E-state index contributed by atoms with van der Waals surface area (Å²) >= 11 is 6.33. The molecule has 1 aromatic rings. The van der Waals surface area contributed by atoms with E-state index in [2.05, 4.69) is 31.9 Å². The van der Waals surface area contributed by atoms with Crippen molar-refractivity contribution in [1.29, 1.82) is 0 Å². The lowest BCUT2D eigenvalue weighted by Gasteiger charge is -2.07. The van der Waals surface area contributed by atoms with Gasteiger partial charge in [0, 0.05) is 10.9 Å². The fourth-order valence-corrected chi connectivity index (χ4v) is 1.65. The van der Waals surface area contributed by atoms with Gasteiger partial charge in [0.15, 0.2) is 11.6 Å². The summed E-state index contributed by atoms with van der Waals surface area (Å²) in [5.74, 6) is -0.0595. The number of rotatable bonds is 2. The van der Waals surface area contributed by atoms with Crippen molar-refractivity contribution in [3.63, 3.8) is 0 Å². The molecule has 1 rings (SSSR count). The summed E-state index contributed by atoms with van der Waals surface area (Å²) < 4.78 is 18.6. The van der Waals surface area contributed by atoms with Crippen molar-refractivity contribution < 1.29 is 9.13 Å². The number of hydrogen-bond acceptors (Lipinski definition) is 1. The average molecular weight is 298 g/mol. The highest BCUT2D eigenvalue weighted by Gasteiger charge is 2.10. The highest BCUT2D eigenvalue weighted by Crippen LogP contribution is 2.29. The Kier molecular flexibility index (Phi) is 3.53. The van der Waals surface area contributed by atoms with Crippen LogP contribution in [-0.4, -0.2) is 7.11 Å². The zero-order valence-corrected chi connectivity index (χ0v) is 9.58. The molecule has 0 aliphatic rings. The lowest BCUT2D eigenvalue weighted by Crippen LogP contribution is -1.93. The van der Waals surface area contributed by atoms with E-state index in [-0.39, 0.29) is 5.82 Å². The van der Waals surface area contributed by atoms with E-state index in [9.17, 15) is 4.39 Å². The van der Waals surface area contributed by atoms with Gasteiger partial charge in [-0.1, -0.05) is 22.0 Å². The summed E-state index contributed by atoms with van der Waals surface area (Å²) in [7, 11) is 1.46. The third kappa shape index (κ3) is 1.80. The van der Waals surface area contributed by atoms with Crippen LogP contribution in [0.2, 0.25) is 0 Å². The number of hydrogen-bond donors (Lipinski definition) is 0. The Bertz CT molecular complexity index is 289. The molecule has 0 N–H and O–H groups in total. The largest absolute Gasteiger partial charge is 0.493 e. The summed E-state index contributed by atoms with van der Waals surface area (Å²) in [5, 5.41) is 0.584. The quantitative estimate of drug-likeness (QED) is 0.759. The molecule has 0 spiro atoms. The Morgan fingerprint density at radius 1 is 1.50 bits per heavy atom. The Morgan fingerprint density at radius 2 is 2.17 bits per heavy atom. The van der Waals surface area contributed by atoms with Crippen LogP contribution in [0.5, 0.6) is 5.75 Å². The molecular formula is C8H7Br2FO. The van der Waals surface area contributed by atoms with Crippen LogP contribution in [0.4, 0.5) is 4.39 Å². The highest BCUT2D eigenvalue weighted by atomic mass is 79.9. The Hall–Kier alpha value is -0.0900. The van der Waals surface area contributed by atoms with Crippen LogP contribution < -0.4 is 4.74 Å². The maximum atomic E-state index is 13.3. The van der Waals surface area contributed by atoms with Crippen LogP contribution in [0.1, 0.15) is 5.56 Å². The molecule has 0 aromatic heterocycles. The topological polar surface area (TPSA) is 9.23 Å². The van der Waals surface area contributed by atoms with Gasteiger partial charge in [0.2, 0.25) is 0 Å². The molecule has 0 bridgehead atoms. The predicted molar refractivity (Wildman–Crippen MR) is 53.3 cm³/mol. The average Bonchev–Trinajstić information content (AvgIpc) is 2.09. The Morgan fingerprint density at radius 3 is 2.67 bits per heavy atom. The van der Waals surface area contributed by atoms with Crippen molar-refractivity contribution in [2.45, 2.75) is 5.33 Å². The van der Waals surface area contributed by atoms with Crippen LogP contribution in [0.25, 0.3) is 0 Å². The van der Waals surface area contributed by atoms with Gasteiger partial charge >= 0.3 is 0 Å². The molecule has 0 atom stereocenters. The lowest BCUT2D eigenvalue weighted by atomic mass is 10.2. The number of ether oxygens (including phenoxy) is 1. The minimum absolute atomic E-state index is 0.293. The van der Waals surface area contributed by atoms with Gasteiger partial charge in [0.25, 0.3) is 0 Å². The molecule has 0 amide bonds. The Balaban J connectivity index is 3.25. The van der Waals surface area contributed by atoms with E-state index < -0.39 is 0 Å². The standard InChI is InChI=1S/C8H7Br2FO/c1-12-8-5(4-9)2-3-6(10)7(8)11/h2-3H,4H2,1H3. The zero-order chi connectivity index (χ0) is 9.14. The number of benzene rings is 1. The molecule has 0 aliphatic carbocycles. The first kappa shape index (κ1) is 9.99. The van der Waals surface area contributed by atoms with E-state index in [0.717, 1.165) is 5.56 Å². The van der Waals surface area contributed by atoms with E-state index >= 15 is 0 Å². The van der Waals surface area contributed by atoms with Gasteiger partial charge in [-0.2, -0.15) is 0 Å². The highest BCUT2D eigenvalue weighted by molar-refractivity contribution is 9.10. The van der Waals surface area contributed by atoms with E-state index in [0.29, 0.717) is 15.6 Å². The second kappa shape index (κ2) is 4.23. The molecule has 0 unspecified atom stereocenters. The third-order valence-corrected chi connectivity index (χ3v) is 2.70. The molecule has 0 fully saturated rings. The van der Waals surface area contributed by atoms with Crippen LogP contribution in [0.15, 0.2) is 16.6 Å². The summed E-state index contributed by atoms with van der Waals surface area (Å²) in [6, 6.07) is 3.47. The first-order valence-corrected chi connectivity index (χ1v) is 5.19. The summed E-state index contributed by atoms with van der Waals surface area (Å²) in [5.41, 5.74) is 0.804. The molecular weight excluding hydrogens is 291 g/mol. The van der Waals surface area contributed by atoms with Crippen LogP contribution >= 0.6 is 31.9 Å². The van der Waals surface area contributed by atoms with Crippen LogP contribution in [-0.2, 0) is 5.33 Å². The summed E-state index contributed by atoms with van der Waals surface area (Å²) in [6.45, 7) is 0. The van der Waals surface area contributed by atoms with E-state index in [4.69, 9.17) is 4.74 Å². The van der Waals surface area contributed by atoms with Crippen molar-refractivity contribution >= 4 is 31.9 Å². The number of alkyl halides is 1.